The lowest BCUT2D eigenvalue weighted by atomic mass is 10.4. The Bertz CT molecular complexity index is 713. The molecule has 7 nitrogen and oxygen atoms in total. The molecule has 112 valence electrons. The number of amides is 1. The summed E-state index contributed by atoms with van der Waals surface area (Å²) in [6.45, 7) is 0.288. The molecule has 0 saturated heterocycles. The Morgan fingerprint density at radius 1 is 1.29 bits per heavy atom. The molecule has 1 N–H and O–H groups in total. The molecule has 1 aromatic heterocycles. The van der Waals surface area contributed by atoms with Gasteiger partial charge in [0, 0.05) is 7.11 Å². The Morgan fingerprint density at radius 2 is 2.00 bits per heavy atom. The average Bonchev–Trinajstić information content (AvgIpc) is 2.87. The van der Waals surface area contributed by atoms with Gasteiger partial charge in [0.1, 0.15) is 17.4 Å². The number of carbonyl (C=O) groups is 1. The molecular formula is C12H13N3O4S2. The van der Waals surface area contributed by atoms with E-state index in [1.807, 2.05) is 0 Å². The summed E-state index contributed by atoms with van der Waals surface area (Å²) in [5.41, 5.74) is 0. The van der Waals surface area contributed by atoms with Crippen molar-refractivity contribution in [1.29, 1.82) is 0 Å². The highest BCUT2D eigenvalue weighted by Crippen LogP contribution is 2.16. The second kappa shape index (κ2) is 6.74. The molecule has 0 aliphatic carbocycles. The number of methoxy groups -OCH3 is 1. The monoisotopic (exact) mass is 327 g/mol. The first-order chi connectivity index (χ1) is 10.0. The van der Waals surface area contributed by atoms with Crippen LogP contribution in [0, 0.1) is 0 Å². The minimum Gasteiger partial charge on any atom is -0.377 e. The van der Waals surface area contributed by atoms with Crippen LogP contribution in [-0.2, 0) is 26.0 Å². The first-order valence-corrected chi connectivity index (χ1v) is 8.37. The van der Waals surface area contributed by atoms with Gasteiger partial charge in [0.15, 0.2) is 9.84 Å². The maximum absolute atomic E-state index is 12.0. The number of aromatic nitrogens is 2. The van der Waals surface area contributed by atoms with Crippen molar-refractivity contribution in [3.05, 3.63) is 35.3 Å². The maximum Gasteiger partial charge on any atom is 0.241 e. The number of hydrogen-bond acceptors (Lipinski definition) is 7. The van der Waals surface area contributed by atoms with Gasteiger partial charge in [-0.05, 0) is 12.1 Å². The van der Waals surface area contributed by atoms with Gasteiger partial charge in [-0.1, -0.05) is 29.5 Å². The summed E-state index contributed by atoms with van der Waals surface area (Å²) in [5.74, 6) is -1.30. The van der Waals surface area contributed by atoms with Crippen LogP contribution in [0.25, 0.3) is 0 Å². The van der Waals surface area contributed by atoms with E-state index in [9.17, 15) is 13.2 Å². The molecule has 0 atom stereocenters. The van der Waals surface area contributed by atoms with Gasteiger partial charge in [-0.2, -0.15) is 0 Å². The lowest BCUT2D eigenvalue weighted by molar-refractivity contribution is -0.113. The van der Waals surface area contributed by atoms with Crippen LogP contribution in [0.2, 0.25) is 0 Å². The van der Waals surface area contributed by atoms with E-state index in [-0.39, 0.29) is 16.6 Å². The molecule has 0 unspecified atom stereocenters. The number of sulfone groups is 1. The Hall–Kier alpha value is -1.84. The fraction of sp³-hybridized carbons (Fsp3) is 0.250. The number of ether oxygens (including phenoxy) is 1. The minimum atomic E-state index is -3.66. The molecule has 0 fully saturated rings. The number of anilines is 1. The van der Waals surface area contributed by atoms with E-state index in [0.717, 1.165) is 11.3 Å². The van der Waals surface area contributed by atoms with Gasteiger partial charge in [-0.25, -0.2) is 8.42 Å². The Morgan fingerprint density at radius 3 is 2.67 bits per heavy atom. The van der Waals surface area contributed by atoms with Crippen LogP contribution >= 0.6 is 11.3 Å². The van der Waals surface area contributed by atoms with E-state index in [4.69, 9.17) is 4.74 Å². The van der Waals surface area contributed by atoms with E-state index in [2.05, 4.69) is 15.5 Å². The number of nitrogens with zero attached hydrogens (tertiary/aromatic N) is 2. The minimum absolute atomic E-state index is 0.109. The highest BCUT2D eigenvalue weighted by atomic mass is 32.2. The van der Waals surface area contributed by atoms with Crippen LogP contribution < -0.4 is 5.32 Å². The Labute approximate surface area is 125 Å². The van der Waals surface area contributed by atoms with Crippen molar-refractivity contribution in [1.82, 2.24) is 10.2 Å². The van der Waals surface area contributed by atoms with Crippen molar-refractivity contribution >= 4 is 32.2 Å². The van der Waals surface area contributed by atoms with Gasteiger partial charge >= 0.3 is 0 Å². The van der Waals surface area contributed by atoms with E-state index in [1.165, 1.54) is 19.2 Å². The smallest absolute Gasteiger partial charge is 0.241 e. The predicted molar refractivity (Wildman–Crippen MR) is 77.7 cm³/mol. The third-order valence-electron chi connectivity index (χ3n) is 2.40. The zero-order chi connectivity index (χ0) is 15.3. The van der Waals surface area contributed by atoms with Gasteiger partial charge in [0.25, 0.3) is 0 Å². The standard InChI is InChI=1S/C12H13N3O4S2/c1-19-7-11-14-15-12(20-11)13-10(16)8-21(17,18)9-5-3-2-4-6-9/h2-6H,7-8H2,1H3,(H,13,15,16). The molecule has 1 aromatic carbocycles. The summed E-state index contributed by atoms with van der Waals surface area (Å²) >= 11 is 1.13. The van der Waals surface area contributed by atoms with Crippen molar-refractivity contribution in [3.63, 3.8) is 0 Å². The summed E-state index contributed by atoms with van der Waals surface area (Å²) in [6.07, 6.45) is 0. The second-order valence-corrected chi connectivity index (χ2v) is 7.11. The Balaban J connectivity index is 2.01. The van der Waals surface area contributed by atoms with Crippen molar-refractivity contribution < 1.29 is 17.9 Å². The molecule has 2 rings (SSSR count). The molecule has 2 aromatic rings. The molecule has 1 heterocycles. The van der Waals surface area contributed by atoms with Crippen molar-refractivity contribution in [2.75, 3.05) is 18.2 Å². The molecular weight excluding hydrogens is 314 g/mol. The number of nitrogens with one attached hydrogen (secondary N) is 1. The number of hydrogen-bond donors (Lipinski definition) is 1. The number of carbonyl (C=O) groups excluding carboxylic acids is 1. The van der Waals surface area contributed by atoms with Gasteiger partial charge in [0.2, 0.25) is 11.0 Å². The predicted octanol–water partition coefficient (Wildman–Crippen LogP) is 1.10. The van der Waals surface area contributed by atoms with E-state index < -0.39 is 21.5 Å². The maximum atomic E-state index is 12.0. The molecule has 0 radical (unpaired) electrons. The largest absolute Gasteiger partial charge is 0.377 e. The SMILES string of the molecule is COCc1nnc(NC(=O)CS(=O)(=O)c2ccccc2)s1. The number of benzene rings is 1. The molecule has 0 bridgehead atoms. The first-order valence-electron chi connectivity index (χ1n) is 5.90. The lowest BCUT2D eigenvalue weighted by Crippen LogP contribution is -2.22. The molecule has 0 saturated carbocycles. The fourth-order valence-corrected chi connectivity index (χ4v) is 3.41. The third kappa shape index (κ3) is 4.31. The van der Waals surface area contributed by atoms with Crippen LogP contribution in [0.5, 0.6) is 0 Å². The van der Waals surface area contributed by atoms with Gasteiger partial charge in [0.05, 0.1) is 4.90 Å². The summed E-state index contributed by atoms with van der Waals surface area (Å²) in [4.78, 5) is 11.9. The van der Waals surface area contributed by atoms with Gasteiger partial charge in [-0.15, -0.1) is 10.2 Å². The zero-order valence-electron chi connectivity index (χ0n) is 11.1. The van der Waals surface area contributed by atoms with E-state index >= 15 is 0 Å². The van der Waals surface area contributed by atoms with Crippen LogP contribution in [0.3, 0.4) is 0 Å². The van der Waals surface area contributed by atoms with Crippen molar-refractivity contribution in [2.45, 2.75) is 11.5 Å². The summed E-state index contributed by atoms with van der Waals surface area (Å²) in [5, 5.41) is 10.8. The quantitative estimate of drug-likeness (QED) is 0.853. The number of rotatable bonds is 6. The van der Waals surface area contributed by atoms with Crippen LogP contribution in [-0.4, -0.2) is 37.4 Å². The lowest BCUT2D eigenvalue weighted by Gasteiger charge is -2.03. The van der Waals surface area contributed by atoms with Crippen LogP contribution in [0.4, 0.5) is 5.13 Å². The zero-order valence-corrected chi connectivity index (χ0v) is 12.8. The van der Waals surface area contributed by atoms with Crippen LogP contribution in [0.1, 0.15) is 5.01 Å². The van der Waals surface area contributed by atoms with E-state index in [0.29, 0.717) is 5.01 Å². The third-order valence-corrected chi connectivity index (χ3v) is 4.85. The molecule has 21 heavy (non-hydrogen) atoms. The molecule has 9 heteroatoms. The Kier molecular flexibility index (Phi) is 4.99. The van der Waals surface area contributed by atoms with Gasteiger partial charge < -0.3 is 4.74 Å². The van der Waals surface area contributed by atoms with Crippen molar-refractivity contribution in [3.8, 4) is 0 Å². The molecule has 0 aliphatic heterocycles. The van der Waals surface area contributed by atoms with Crippen LogP contribution in [0.15, 0.2) is 35.2 Å². The molecule has 0 aliphatic rings. The average molecular weight is 327 g/mol. The molecule has 1 amide bonds. The highest BCUT2D eigenvalue weighted by Gasteiger charge is 2.20. The van der Waals surface area contributed by atoms with Gasteiger partial charge in [-0.3, -0.25) is 10.1 Å². The summed E-state index contributed by atoms with van der Waals surface area (Å²) in [7, 11) is -2.14. The highest BCUT2D eigenvalue weighted by molar-refractivity contribution is 7.92. The first kappa shape index (κ1) is 15.5. The topological polar surface area (TPSA) is 98.2 Å². The summed E-state index contributed by atoms with van der Waals surface area (Å²) < 4.78 is 28.9. The second-order valence-electron chi connectivity index (χ2n) is 4.05. The van der Waals surface area contributed by atoms with E-state index in [1.54, 1.807) is 18.2 Å². The fourth-order valence-electron chi connectivity index (χ4n) is 1.53. The van der Waals surface area contributed by atoms with Crippen molar-refractivity contribution in [2.24, 2.45) is 0 Å². The molecule has 0 spiro atoms. The normalized spacial score (nSPS) is 11.3. The summed E-state index contributed by atoms with van der Waals surface area (Å²) in [6, 6.07) is 7.81.